The van der Waals surface area contributed by atoms with Gasteiger partial charge in [-0.25, -0.2) is 0 Å². The molecule has 0 bridgehead atoms. The highest BCUT2D eigenvalue weighted by Gasteiger charge is 2.10. The van der Waals surface area contributed by atoms with Crippen LogP contribution in [-0.4, -0.2) is 23.9 Å². The lowest BCUT2D eigenvalue weighted by Crippen LogP contribution is -2.31. The third kappa shape index (κ3) is 14.8. The number of nitrogens with zero attached hydrogens (tertiary/aromatic N) is 1. The molecule has 0 fully saturated rings. The Bertz CT molecular complexity index is 352. The molecule has 0 aliphatic carbocycles. The Labute approximate surface area is 156 Å². The van der Waals surface area contributed by atoms with E-state index in [9.17, 15) is 4.79 Å². The molecular weight excluding hydrogens is 308 g/mol. The van der Waals surface area contributed by atoms with E-state index in [4.69, 9.17) is 5.73 Å². The molecule has 0 heterocycles. The van der Waals surface area contributed by atoms with E-state index in [2.05, 4.69) is 20.1 Å². The molecule has 0 spiro atoms. The molecule has 0 aromatic carbocycles. The first-order chi connectivity index (χ1) is 12.1. The van der Waals surface area contributed by atoms with Gasteiger partial charge in [-0.2, -0.15) is 0 Å². The predicted octanol–water partition coefficient (Wildman–Crippen LogP) is 5.95. The minimum atomic E-state index is -0.438. The highest BCUT2D eigenvalue weighted by Crippen LogP contribution is 2.13. The number of amides is 1. The molecule has 0 radical (unpaired) electrons. The molecule has 0 rings (SSSR count). The molecule has 0 atom stereocenters. The van der Waals surface area contributed by atoms with Gasteiger partial charge < -0.3 is 10.6 Å². The second kappa shape index (κ2) is 17.6. The average molecular weight is 351 g/mol. The molecular formula is C22H42N2O. The second-order valence-corrected chi connectivity index (χ2v) is 7.14. The number of primary amides is 1. The van der Waals surface area contributed by atoms with Crippen molar-refractivity contribution in [3.05, 3.63) is 24.9 Å². The van der Waals surface area contributed by atoms with E-state index in [0.29, 0.717) is 12.2 Å². The third-order valence-corrected chi connectivity index (χ3v) is 4.80. The van der Waals surface area contributed by atoms with Gasteiger partial charge >= 0.3 is 0 Å². The monoisotopic (exact) mass is 350 g/mol. The zero-order chi connectivity index (χ0) is 18.8. The van der Waals surface area contributed by atoms with Crippen LogP contribution in [0.25, 0.3) is 0 Å². The van der Waals surface area contributed by atoms with Gasteiger partial charge in [0.2, 0.25) is 0 Å². The summed E-state index contributed by atoms with van der Waals surface area (Å²) >= 11 is 0. The first-order valence-corrected chi connectivity index (χ1v) is 10.5. The largest absolute Gasteiger partial charge is 0.364 e. The standard InChI is InChI=1S/C22H42N2O/c1-4-6-7-8-9-10-11-12-13-14-15-16-17-18-20-24(19-5-2)21(3)22(23)25/h5H,2-4,6-20H2,1H3,(H2,23,25). The zero-order valence-electron chi connectivity index (χ0n) is 16.7. The van der Waals surface area contributed by atoms with Crippen LogP contribution in [0.4, 0.5) is 0 Å². The van der Waals surface area contributed by atoms with Crippen LogP contribution in [0.5, 0.6) is 0 Å². The van der Waals surface area contributed by atoms with Gasteiger partial charge in [0.15, 0.2) is 0 Å². The van der Waals surface area contributed by atoms with E-state index >= 15 is 0 Å². The SMILES string of the molecule is C=CCN(CCCCCCCCCCCCCCCC)C(=C)C(N)=O. The Kier molecular flexibility index (Phi) is 16.7. The highest BCUT2D eigenvalue weighted by atomic mass is 16.1. The van der Waals surface area contributed by atoms with E-state index in [1.165, 1.54) is 83.5 Å². The van der Waals surface area contributed by atoms with Crippen LogP contribution in [0, 0.1) is 0 Å². The number of carbonyl (C=O) groups excluding carboxylic acids is 1. The number of rotatable bonds is 19. The molecule has 1 amide bonds. The minimum Gasteiger partial charge on any atom is -0.364 e. The summed E-state index contributed by atoms with van der Waals surface area (Å²) in [6, 6.07) is 0. The minimum absolute atomic E-state index is 0.398. The van der Waals surface area contributed by atoms with Crippen molar-refractivity contribution in [2.45, 2.75) is 96.8 Å². The summed E-state index contributed by atoms with van der Waals surface area (Å²) in [6.45, 7) is 11.2. The molecule has 3 nitrogen and oxygen atoms in total. The first kappa shape index (κ1) is 23.8. The van der Waals surface area contributed by atoms with Crippen molar-refractivity contribution in [3.8, 4) is 0 Å². The Morgan fingerprint density at radius 3 is 1.60 bits per heavy atom. The fraction of sp³-hybridized carbons (Fsp3) is 0.773. The quantitative estimate of drug-likeness (QED) is 0.178. The molecule has 0 aromatic heterocycles. The van der Waals surface area contributed by atoms with Crippen LogP contribution in [0.2, 0.25) is 0 Å². The Balaban J connectivity index is 3.41. The maximum absolute atomic E-state index is 11.2. The molecule has 25 heavy (non-hydrogen) atoms. The van der Waals surface area contributed by atoms with Crippen molar-refractivity contribution in [1.29, 1.82) is 0 Å². The molecule has 0 saturated heterocycles. The van der Waals surface area contributed by atoms with Gasteiger partial charge in [-0.05, 0) is 6.42 Å². The van der Waals surface area contributed by atoms with Gasteiger partial charge in [-0.15, -0.1) is 6.58 Å². The van der Waals surface area contributed by atoms with Crippen molar-refractivity contribution in [2.24, 2.45) is 5.73 Å². The van der Waals surface area contributed by atoms with E-state index in [1.807, 2.05) is 4.90 Å². The summed E-state index contributed by atoms with van der Waals surface area (Å²) in [6.07, 6.45) is 20.7. The lowest BCUT2D eigenvalue weighted by atomic mass is 10.0. The molecule has 0 saturated carbocycles. The lowest BCUT2D eigenvalue weighted by molar-refractivity contribution is -0.116. The number of nitrogens with two attached hydrogens (primary N) is 1. The Morgan fingerprint density at radius 2 is 1.24 bits per heavy atom. The van der Waals surface area contributed by atoms with Crippen LogP contribution in [0.3, 0.4) is 0 Å². The fourth-order valence-corrected chi connectivity index (χ4v) is 3.15. The number of hydrogen-bond acceptors (Lipinski definition) is 2. The molecule has 146 valence electrons. The molecule has 0 aliphatic rings. The summed E-state index contributed by atoms with van der Waals surface area (Å²) in [5.74, 6) is -0.438. The zero-order valence-corrected chi connectivity index (χ0v) is 16.7. The maximum Gasteiger partial charge on any atom is 0.264 e. The second-order valence-electron chi connectivity index (χ2n) is 7.14. The smallest absolute Gasteiger partial charge is 0.264 e. The van der Waals surface area contributed by atoms with Crippen LogP contribution < -0.4 is 5.73 Å². The first-order valence-electron chi connectivity index (χ1n) is 10.5. The van der Waals surface area contributed by atoms with E-state index in [1.54, 1.807) is 6.08 Å². The fourth-order valence-electron chi connectivity index (χ4n) is 3.15. The highest BCUT2D eigenvalue weighted by molar-refractivity contribution is 5.90. The van der Waals surface area contributed by atoms with E-state index in [-0.39, 0.29) is 0 Å². The summed E-state index contributed by atoms with van der Waals surface area (Å²) in [7, 11) is 0. The van der Waals surface area contributed by atoms with Gasteiger partial charge in [-0.1, -0.05) is 103 Å². The van der Waals surface area contributed by atoms with E-state index < -0.39 is 5.91 Å². The predicted molar refractivity (Wildman–Crippen MR) is 110 cm³/mol. The van der Waals surface area contributed by atoms with Gasteiger partial charge in [0, 0.05) is 13.1 Å². The average Bonchev–Trinajstić information content (AvgIpc) is 2.60. The van der Waals surface area contributed by atoms with Crippen molar-refractivity contribution in [1.82, 2.24) is 4.90 Å². The Morgan fingerprint density at radius 1 is 0.840 bits per heavy atom. The van der Waals surface area contributed by atoms with Crippen LogP contribution >= 0.6 is 0 Å². The van der Waals surface area contributed by atoms with Crippen molar-refractivity contribution in [2.75, 3.05) is 13.1 Å². The lowest BCUT2D eigenvalue weighted by Gasteiger charge is -2.23. The summed E-state index contributed by atoms with van der Waals surface area (Å²) in [4.78, 5) is 13.1. The van der Waals surface area contributed by atoms with Crippen molar-refractivity contribution < 1.29 is 4.79 Å². The summed E-state index contributed by atoms with van der Waals surface area (Å²) < 4.78 is 0. The summed E-state index contributed by atoms with van der Waals surface area (Å²) in [5, 5.41) is 0. The van der Waals surface area contributed by atoms with Crippen LogP contribution in [-0.2, 0) is 4.79 Å². The molecule has 0 aromatic rings. The third-order valence-electron chi connectivity index (χ3n) is 4.80. The van der Waals surface area contributed by atoms with Gasteiger partial charge in [0.1, 0.15) is 0 Å². The summed E-state index contributed by atoms with van der Waals surface area (Å²) in [5.41, 5.74) is 5.70. The molecule has 0 unspecified atom stereocenters. The van der Waals surface area contributed by atoms with Gasteiger partial charge in [-0.3, -0.25) is 4.79 Å². The number of carbonyl (C=O) groups is 1. The topological polar surface area (TPSA) is 46.3 Å². The molecule has 3 heteroatoms. The number of unbranched alkanes of at least 4 members (excludes halogenated alkanes) is 13. The van der Waals surface area contributed by atoms with Crippen LogP contribution in [0.1, 0.15) is 96.8 Å². The normalized spacial score (nSPS) is 10.6. The Hall–Kier alpha value is -1.25. The van der Waals surface area contributed by atoms with Crippen molar-refractivity contribution in [3.63, 3.8) is 0 Å². The van der Waals surface area contributed by atoms with Crippen molar-refractivity contribution >= 4 is 5.91 Å². The maximum atomic E-state index is 11.2. The molecule has 2 N–H and O–H groups in total. The van der Waals surface area contributed by atoms with E-state index in [0.717, 1.165) is 13.0 Å². The van der Waals surface area contributed by atoms with Crippen LogP contribution in [0.15, 0.2) is 24.9 Å². The van der Waals surface area contributed by atoms with Gasteiger partial charge in [0.25, 0.3) is 5.91 Å². The van der Waals surface area contributed by atoms with Gasteiger partial charge in [0.05, 0.1) is 5.70 Å². The number of hydrogen-bond donors (Lipinski definition) is 1. The molecule has 0 aliphatic heterocycles.